The van der Waals surface area contributed by atoms with E-state index in [-0.39, 0.29) is 11.9 Å². The summed E-state index contributed by atoms with van der Waals surface area (Å²) in [5, 5.41) is 2.09. The minimum absolute atomic E-state index is 0.290. The van der Waals surface area contributed by atoms with Gasteiger partial charge in [0.1, 0.15) is 0 Å². The Morgan fingerprint density at radius 1 is 0.444 bits per heavy atom. The van der Waals surface area contributed by atoms with Crippen molar-refractivity contribution in [3.8, 4) is 11.3 Å². The molecule has 310 valence electrons. The number of aromatic nitrogens is 2. The first-order valence-corrected chi connectivity index (χ1v) is 21.1. The summed E-state index contributed by atoms with van der Waals surface area (Å²) >= 11 is 0. The second-order valence-corrected chi connectivity index (χ2v) is 16.6. The molecule has 0 spiro atoms. The molecule has 9 aromatic rings. The number of rotatable bonds is 7. The Morgan fingerprint density at radius 3 is 1.37 bits per heavy atom. The largest absolute Gasteiger partial charge is 0.440 e. The van der Waals surface area contributed by atoms with Crippen molar-refractivity contribution < 1.29 is 19.1 Å². The van der Waals surface area contributed by atoms with Gasteiger partial charge in [-0.3, -0.25) is 0 Å². The maximum atomic E-state index is 13.3. The molecule has 2 aromatic heterocycles. The summed E-state index contributed by atoms with van der Waals surface area (Å²) in [6.07, 6.45) is 0. The van der Waals surface area contributed by atoms with Crippen molar-refractivity contribution in [2.75, 3.05) is 38.0 Å². The lowest BCUT2D eigenvalue weighted by Gasteiger charge is -2.31. The first kappa shape index (κ1) is 39.3. The van der Waals surface area contributed by atoms with E-state index in [0.717, 1.165) is 83.5 Å². The minimum Gasteiger partial charge on any atom is -0.440 e. The number of anilines is 2. The monoisotopic (exact) mass is 826 g/mol. The van der Waals surface area contributed by atoms with Gasteiger partial charge in [-0.1, -0.05) is 127 Å². The second-order valence-electron chi connectivity index (χ2n) is 16.6. The third kappa shape index (κ3) is 6.20. The Morgan fingerprint density at radius 2 is 0.857 bits per heavy atom. The molecule has 2 aliphatic rings. The quantitative estimate of drug-likeness (QED) is 0.156. The first-order valence-electron chi connectivity index (χ1n) is 21.1. The minimum atomic E-state index is -1.08. The summed E-state index contributed by atoms with van der Waals surface area (Å²) in [6.45, 7) is 2.04. The third-order valence-corrected chi connectivity index (χ3v) is 12.5. The predicted octanol–water partition coefficient (Wildman–Crippen LogP) is 11.4. The highest BCUT2D eigenvalue weighted by atomic mass is 16.6. The van der Waals surface area contributed by atoms with Crippen LogP contribution in [0.4, 0.5) is 11.4 Å². The van der Waals surface area contributed by atoms with Crippen molar-refractivity contribution >= 4 is 45.1 Å². The highest BCUT2D eigenvalue weighted by Crippen LogP contribution is 2.53. The number of nitrogens with zero attached hydrogens (tertiary/aromatic N) is 2. The van der Waals surface area contributed by atoms with Crippen LogP contribution in [0.15, 0.2) is 176 Å². The zero-order valence-electron chi connectivity index (χ0n) is 35.8. The molecule has 2 atom stereocenters. The number of hydrogen-bond acceptors (Lipinski definition) is 6. The lowest BCUT2D eigenvalue weighted by atomic mass is 9.77. The number of carbonyl (C=O) groups is 2. The maximum Gasteiger partial charge on any atom is 0.340 e. The van der Waals surface area contributed by atoms with E-state index < -0.39 is 11.2 Å². The molecule has 0 bridgehead atoms. The molecule has 4 heterocycles. The van der Waals surface area contributed by atoms with E-state index in [4.69, 9.17) is 9.47 Å². The lowest BCUT2D eigenvalue weighted by molar-refractivity contribution is 0.0246. The van der Waals surface area contributed by atoms with Gasteiger partial charge in [0.25, 0.3) is 0 Å². The fraction of sp³-hybridized carbons (Fsp3) is 0.127. The maximum absolute atomic E-state index is 13.3. The van der Waals surface area contributed by atoms with Crippen molar-refractivity contribution in [2.45, 2.75) is 18.1 Å². The number of para-hydroxylation sites is 2. The molecule has 63 heavy (non-hydrogen) atoms. The number of fused-ring (bicyclic) bond motifs is 4. The zero-order chi connectivity index (χ0) is 43.5. The molecular formula is C55H46N4O4. The summed E-state index contributed by atoms with van der Waals surface area (Å²) < 4.78 is 12.7. The number of aryl methyl sites for hydroxylation is 1. The third-order valence-electron chi connectivity index (χ3n) is 12.5. The van der Waals surface area contributed by atoms with E-state index in [9.17, 15) is 9.59 Å². The SMILES string of the molecule is CN(C)c1ccc(C2(c3c(-c4ccccc4)[nH]c4ccccc34)OC(=O)c3ccccc32)cc1.Cc1[nH]c2ccccc2c1C1(c2ccc(N(C)C)cc2)OC(=O)c2ccccc21. The number of carbonyl (C=O) groups excluding carboxylic acids is 2. The van der Waals surface area contributed by atoms with Gasteiger partial charge in [-0.2, -0.15) is 0 Å². The summed E-state index contributed by atoms with van der Waals surface area (Å²) in [5.74, 6) is -0.599. The van der Waals surface area contributed by atoms with Gasteiger partial charge in [-0.15, -0.1) is 0 Å². The highest BCUT2D eigenvalue weighted by Gasteiger charge is 2.52. The number of esters is 2. The van der Waals surface area contributed by atoms with Gasteiger partial charge >= 0.3 is 11.9 Å². The van der Waals surface area contributed by atoms with Crippen LogP contribution in [0.5, 0.6) is 0 Å². The van der Waals surface area contributed by atoms with Crippen LogP contribution in [-0.2, 0) is 20.7 Å². The number of ether oxygens (including phenoxy) is 2. The lowest BCUT2D eigenvalue weighted by Crippen LogP contribution is -2.30. The molecule has 11 rings (SSSR count). The van der Waals surface area contributed by atoms with Gasteiger partial charge in [0.05, 0.1) is 16.8 Å². The Balaban J connectivity index is 0.000000152. The number of H-pyrrole nitrogens is 2. The van der Waals surface area contributed by atoms with Crippen LogP contribution < -0.4 is 9.80 Å². The van der Waals surface area contributed by atoms with Crippen LogP contribution in [-0.4, -0.2) is 50.1 Å². The smallest absolute Gasteiger partial charge is 0.340 e. The fourth-order valence-corrected chi connectivity index (χ4v) is 9.57. The average Bonchev–Trinajstić information content (AvgIpc) is 4.05. The van der Waals surface area contributed by atoms with Gasteiger partial charge in [-0.25, -0.2) is 9.59 Å². The second kappa shape index (κ2) is 15.3. The molecule has 0 fully saturated rings. The van der Waals surface area contributed by atoms with Crippen LogP contribution >= 0.6 is 0 Å². The molecule has 8 heteroatoms. The van der Waals surface area contributed by atoms with Crippen molar-refractivity contribution in [2.24, 2.45) is 0 Å². The number of nitrogens with one attached hydrogen (secondary N) is 2. The molecular weight excluding hydrogens is 781 g/mol. The summed E-state index contributed by atoms with van der Waals surface area (Å²) in [7, 11) is 8.06. The molecule has 2 unspecified atom stereocenters. The summed E-state index contributed by atoms with van der Waals surface area (Å²) in [5.41, 5.74) is 11.9. The molecule has 0 saturated carbocycles. The Labute approximate surface area is 366 Å². The van der Waals surface area contributed by atoms with E-state index in [1.165, 1.54) is 0 Å². The first-order chi connectivity index (χ1) is 30.6. The Kier molecular flexibility index (Phi) is 9.52. The molecule has 0 saturated heterocycles. The van der Waals surface area contributed by atoms with Crippen molar-refractivity contribution in [3.63, 3.8) is 0 Å². The van der Waals surface area contributed by atoms with Crippen LogP contribution in [0.3, 0.4) is 0 Å². The van der Waals surface area contributed by atoms with Crippen molar-refractivity contribution in [1.29, 1.82) is 0 Å². The van der Waals surface area contributed by atoms with Crippen molar-refractivity contribution in [1.82, 2.24) is 9.97 Å². The molecule has 2 aliphatic heterocycles. The topological polar surface area (TPSA) is 90.7 Å². The van der Waals surface area contributed by atoms with Crippen LogP contribution in [0.1, 0.15) is 59.8 Å². The molecule has 0 amide bonds. The molecule has 0 aliphatic carbocycles. The summed E-state index contributed by atoms with van der Waals surface area (Å²) in [4.78, 5) is 37.4. The normalized spacial score (nSPS) is 17.4. The van der Waals surface area contributed by atoms with E-state index in [1.807, 2.05) is 126 Å². The van der Waals surface area contributed by atoms with E-state index in [1.54, 1.807) is 0 Å². The Bertz CT molecular complexity index is 3180. The van der Waals surface area contributed by atoms with Gasteiger partial charge in [-0.05, 0) is 61.0 Å². The number of aromatic amines is 2. The van der Waals surface area contributed by atoms with E-state index >= 15 is 0 Å². The van der Waals surface area contributed by atoms with Crippen LogP contribution in [0.25, 0.3) is 33.1 Å². The standard InChI is InChI=1S/C30H24N2O2.C25H22N2O2/c1-32(2)22-18-16-21(17-19-22)30(25-14-8-6-12-23(25)29(33)34-30)27-24-13-7-9-15-26(24)31-28(27)20-10-4-3-5-11-20;1-16-23(20-9-5-7-11-22(20)26-16)25(17-12-14-18(15-13-17)27(2)3)21-10-6-4-8-19(21)24(28)29-25/h3-19,31H,1-2H3;4-15,26H,1-3H3. The molecule has 8 nitrogen and oxygen atoms in total. The zero-order valence-corrected chi connectivity index (χ0v) is 35.8. The van der Waals surface area contributed by atoms with E-state index in [0.29, 0.717) is 11.1 Å². The number of benzene rings is 7. The molecule has 7 aromatic carbocycles. The van der Waals surface area contributed by atoms with E-state index in [2.05, 4.69) is 105 Å². The number of hydrogen-bond donors (Lipinski definition) is 2. The van der Waals surface area contributed by atoms with Gasteiger partial charge in [0, 0.05) is 100 Å². The highest BCUT2D eigenvalue weighted by molar-refractivity contribution is 6.01. The number of cyclic esters (lactones) is 2. The average molecular weight is 827 g/mol. The Hall–Kier alpha value is -7.84. The van der Waals surface area contributed by atoms with Gasteiger partial charge in [0.15, 0.2) is 11.2 Å². The van der Waals surface area contributed by atoms with Crippen LogP contribution in [0, 0.1) is 6.92 Å². The van der Waals surface area contributed by atoms with Gasteiger partial charge < -0.3 is 29.2 Å². The fourth-order valence-electron chi connectivity index (χ4n) is 9.57. The van der Waals surface area contributed by atoms with Crippen LogP contribution in [0.2, 0.25) is 0 Å². The molecule has 2 N–H and O–H groups in total. The van der Waals surface area contributed by atoms with Gasteiger partial charge in [0.2, 0.25) is 0 Å². The molecule has 0 radical (unpaired) electrons. The summed E-state index contributed by atoms with van der Waals surface area (Å²) in [6, 6.07) is 58.6. The van der Waals surface area contributed by atoms with Crippen molar-refractivity contribution in [3.05, 3.63) is 226 Å². The predicted molar refractivity (Wildman–Crippen MR) is 252 cm³/mol.